The van der Waals surface area contributed by atoms with Gasteiger partial charge in [0.25, 0.3) is 0 Å². The van der Waals surface area contributed by atoms with Crippen LogP contribution < -0.4 is 0 Å². The molecule has 33 heavy (non-hydrogen) atoms. The van der Waals surface area contributed by atoms with Crippen LogP contribution in [0.25, 0.3) is 0 Å². The molecule has 11 atom stereocenters. The summed E-state index contributed by atoms with van der Waals surface area (Å²) < 4.78 is 39.9. The average molecular weight is 473 g/mol. The van der Waals surface area contributed by atoms with E-state index in [4.69, 9.17) is 33.2 Å². The minimum Gasteiger partial charge on any atom is -0.390 e. The number of methoxy groups -OCH3 is 5. The Morgan fingerprint density at radius 1 is 0.909 bits per heavy atom. The maximum absolute atomic E-state index is 10.8. The summed E-state index contributed by atoms with van der Waals surface area (Å²) in [6, 6.07) is 0. The Balaban J connectivity index is 2.02. The first-order valence-corrected chi connectivity index (χ1v) is 11.8. The molecule has 2 rings (SSSR count). The fourth-order valence-corrected chi connectivity index (χ4v) is 4.83. The van der Waals surface area contributed by atoms with Gasteiger partial charge in [0, 0.05) is 47.4 Å². The quantitative estimate of drug-likeness (QED) is 0.323. The van der Waals surface area contributed by atoms with Gasteiger partial charge in [-0.1, -0.05) is 39.0 Å². The molecule has 0 aromatic carbocycles. The molecule has 2 saturated heterocycles. The average Bonchev–Trinajstić information content (AvgIpc) is 3.63. The predicted octanol–water partition coefficient (Wildman–Crippen LogP) is 2.73. The Labute approximate surface area is 199 Å². The van der Waals surface area contributed by atoms with Gasteiger partial charge in [-0.05, 0) is 18.9 Å². The second-order valence-corrected chi connectivity index (χ2v) is 9.01. The highest BCUT2D eigenvalue weighted by Crippen LogP contribution is 2.37. The van der Waals surface area contributed by atoms with E-state index < -0.39 is 18.5 Å². The number of ether oxygens (including phenoxy) is 7. The van der Waals surface area contributed by atoms with Gasteiger partial charge in [-0.3, -0.25) is 0 Å². The Morgan fingerprint density at radius 2 is 1.55 bits per heavy atom. The van der Waals surface area contributed by atoms with Gasteiger partial charge >= 0.3 is 0 Å². The lowest BCUT2D eigenvalue weighted by atomic mass is 9.91. The zero-order valence-corrected chi connectivity index (χ0v) is 21.6. The highest BCUT2D eigenvalue weighted by atomic mass is 16.7. The molecule has 2 aliphatic heterocycles. The van der Waals surface area contributed by atoms with Gasteiger partial charge in [0.15, 0.2) is 6.29 Å². The molecule has 8 nitrogen and oxygen atoms in total. The number of aliphatic hydroxyl groups is 1. The van der Waals surface area contributed by atoms with E-state index in [1.807, 2.05) is 32.1 Å². The first kappa shape index (κ1) is 28.4. The first-order valence-electron chi connectivity index (χ1n) is 11.8. The van der Waals surface area contributed by atoms with E-state index in [1.165, 1.54) is 0 Å². The van der Waals surface area contributed by atoms with Crippen molar-refractivity contribution in [1.29, 1.82) is 0 Å². The molecule has 0 bridgehead atoms. The van der Waals surface area contributed by atoms with Crippen molar-refractivity contribution in [1.82, 2.24) is 0 Å². The molecular formula is C25H44O8. The molecule has 0 aromatic rings. The molecule has 1 N–H and O–H groups in total. The van der Waals surface area contributed by atoms with Gasteiger partial charge in [0.2, 0.25) is 0 Å². The summed E-state index contributed by atoms with van der Waals surface area (Å²) in [4.78, 5) is 0. The lowest BCUT2D eigenvalue weighted by molar-refractivity contribution is -0.295. The van der Waals surface area contributed by atoms with Gasteiger partial charge in [-0.2, -0.15) is 0 Å². The molecule has 8 heteroatoms. The SMILES string of the molecule is CC[C@H](OC)[C@@H](C)[C@H]1O[C@@H]1[C@H](O)[C@@H](C)/C=C/C=C(\C)[C@H]1O[C@H](OC)[C@H](OC)[C@@H](OC)[C@H]1OC. The van der Waals surface area contributed by atoms with E-state index in [-0.39, 0.29) is 48.5 Å². The normalized spacial score (nSPS) is 36.5. The molecule has 0 unspecified atom stereocenters. The summed E-state index contributed by atoms with van der Waals surface area (Å²) in [6.07, 6.45) is 4.20. The zero-order chi connectivity index (χ0) is 24.7. The van der Waals surface area contributed by atoms with Crippen LogP contribution in [0.3, 0.4) is 0 Å². The second-order valence-electron chi connectivity index (χ2n) is 9.01. The summed E-state index contributed by atoms with van der Waals surface area (Å²) in [5.74, 6) is 0.173. The molecule has 2 aliphatic rings. The van der Waals surface area contributed by atoms with E-state index >= 15 is 0 Å². The van der Waals surface area contributed by atoms with Crippen molar-refractivity contribution in [3.63, 3.8) is 0 Å². The summed E-state index contributed by atoms with van der Waals surface area (Å²) in [7, 11) is 8.17. The molecule has 0 aromatic heterocycles. The highest BCUT2D eigenvalue weighted by molar-refractivity contribution is 5.19. The van der Waals surface area contributed by atoms with E-state index in [0.717, 1.165) is 12.0 Å². The largest absolute Gasteiger partial charge is 0.390 e. The van der Waals surface area contributed by atoms with E-state index in [9.17, 15) is 5.11 Å². The molecule has 0 amide bonds. The third-order valence-corrected chi connectivity index (χ3v) is 7.01. The van der Waals surface area contributed by atoms with Crippen LogP contribution in [0.15, 0.2) is 23.8 Å². The van der Waals surface area contributed by atoms with Crippen molar-refractivity contribution < 1.29 is 38.3 Å². The smallest absolute Gasteiger partial charge is 0.186 e. The molecule has 0 spiro atoms. The molecule has 0 aliphatic carbocycles. The number of hydrogen-bond donors (Lipinski definition) is 1. The fraction of sp³-hybridized carbons (Fsp3) is 0.840. The molecule has 0 saturated carbocycles. The van der Waals surface area contributed by atoms with Crippen LogP contribution in [-0.2, 0) is 33.2 Å². The van der Waals surface area contributed by atoms with Crippen LogP contribution in [0.1, 0.15) is 34.1 Å². The van der Waals surface area contributed by atoms with Crippen LogP contribution in [0, 0.1) is 11.8 Å². The van der Waals surface area contributed by atoms with Crippen molar-refractivity contribution in [3.8, 4) is 0 Å². The number of allylic oxidation sites excluding steroid dienone is 2. The zero-order valence-electron chi connectivity index (χ0n) is 21.6. The van der Waals surface area contributed by atoms with Crippen molar-refractivity contribution in [2.75, 3.05) is 35.5 Å². The third kappa shape index (κ3) is 6.64. The lowest BCUT2D eigenvalue weighted by Gasteiger charge is -2.44. The Bertz CT molecular complexity index is 634. The number of epoxide rings is 1. The summed E-state index contributed by atoms with van der Waals surface area (Å²) in [6.45, 7) is 8.18. The van der Waals surface area contributed by atoms with Crippen LogP contribution in [0.4, 0.5) is 0 Å². The molecule has 192 valence electrons. The topological polar surface area (TPSA) is 88.1 Å². The van der Waals surface area contributed by atoms with E-state index in [2.05, 4.69) is 13.8 Å². The lowest BCUT2D eigenvalue weighted by Crippen LogP contribution is -2.60. The monoisotopic (exact) mass is 472 g/mol. The van der Waals surface area contributed by atoms with Crippen LogP contribution >= 0.6 is 0 Å². The van der Waals surface area contributed by atoms with Crippen molar-refractivity contribution in [3.05, 3.63) is 23.8 Å². The maximum atomic E-state index is 10.8. The van der Waals surface area contributed by atoms with Gasteiger partial charge in [0.05, 0.1) is 18.3 Å². The summed E-state index contributed by atoms with van der Waals surface area (Å²) in [5, 5.41) is 10.8. The molecular weight excluding hydrogens is 428 g/mol. The van der Waals surface area contributed by atoms with Gasteiger partial charge in [-0.15, -0.1) is 0 Å². The standard InChI is InChI=1S/C25H44O8/c1-10-17(27-5)16(4)20-21(32-20)18(26)14(2)12-11-13-15(3)19-22(28-6)23(29-7)24(30-8)25(31-9)33-19/h11-14,16-26H,10H2,1-9H3/b12-11+,15-13+/t14-,16+,17-,18+,19+,20+,21+,22-,23-,24+,25-/m0/s1. The third-order valence-electron chi connectivity index (χ3n) is 7.01. The van der Waals surface area contributed by atoms with E-state index in [0.29, 0.717) is 0 Å². The van der Waals surface area contributed by atoms with E-state index in [1.54, 1.807) is 35.5 Å². The minimum atomic E-state index is -0.576. The van der Waals surface area contributed by atoms with Crippen LogP contribution in [-0.4, -0.2) is 95.8 Å². The number of aliphatic hydroxyl groups excluding tert-OH is 1. The fourth-order valence-electron chi connectivity index (χ4n) is 4.83. The van der Waals surface area contributed by atoms with Crippen molar-refractivity contribution in [2.24, 2.45) is 11.8 Å². The number of hydrogen-bond acceptors (Lipinski definition) is 8. The van der Waals surface area contributed by atoms with Crippen molar-refractivity contribution >= 4 is 0 Å². The van der Waals surface area contributed by atoms with Crippen molar-refractivity contribution in [2.45, 2.75) is 89.2 Å². The van der Waals surface area contributed by atoms with Crippen LogP contribution in [0.5, 0.6) is 0 Å². The highest BCUT2D eigenvalue weighted by Gasteiger charge is 2.50. The minimum absolute atomic E-state index is 0.0295. The predicted molar refractivity (Wildman–Crippen MR) is 125 cm³/mol. The van der Waals surface area contributed by atoms with Gasteiger partial charge in [-0.25, -0.2) is 0 Å². The molecule has 2 heterocycles. The Morgan fingerprint density at radius 3 is 2.06 bits per heavy atom. The van der Waals surface area contributed by atoms with Gasteiger partial charge in [0.1, 0.15) is 30.5 Å². The van der Waals surface area contributed by atoms with Crippen LogP contribution in [0.2, 0.25) is 0 Å². The molecule has 2 fully saturated rings. The molecule has 0 radical (unpaired) electrons. The second kappa shape index (κ2) is 13.3. The first-order chi connectivity index (χ1) is 15.8. The Hall–Kier alpha value is -0.840. The maximum Gasteiger partial charge on any atom is 0.186 e. The number of rotatable bonds is 13. The Kier molecular flexibility index (Phi) is 11.4. The summed E-state index contributed by atoms with van der Waals surface area (Å²) >= 11 is 0. The summed E-state index contributed by atoms with van der Waals surface area (Å²) in [5.41, 5.74) is 0.957. The van der Waals surface area contributed by atoms with Gasteiger partial charge < -0.3 is 38.3 Å².